The van der Waals surface area contributed by atoms with Gasteiger partial charge in [0.05, 0.1) is 6.10 Å². The number of carboxylic acid groups (broad SMARTS) is 1. The van der Waals surface area contributed by atoms with Gasteiger partial charge in [0.15, 0.2) is 0 Å². The second-order valence-corrected chi connectivity index (χ2v) is 12.3. The molecule has 6 nitrogen and oxygen atoms in total. The van der Waals surface area contributed by atoms with Crippen LogP contribution in [0.15, 0.2) is 30.3 Å². The van der Waals surface area contributed by atoms with Gasteiger partial charge in [0, 0.05) is 12.5 Å². The first-order valence-electron chi connectivity index (χ1n) is 16.8. The second kappa shape index (κ2) is 24.7. The molecule has 0 heterocycles. The number of carboxylic acids is 1. The first-order chi connectivity index (χ1) is 19.8. The lowest BCUT2D eigenvalue weighted by atomic mass is 9.97. The number of carbonyl (C=O) groups is 2. The van der Waals surface area contributed by atoms with Gasteiger partial charge in [-0.3, -0.25) is 4.79 Å². The fourth-order valence-electron chi connectivity index (χ4n) is 5.41. The fraction of sp³-hybridized carbons (Fsp3) is 0.771. The van der Waals surface area contributed by atoms with Gasteiger partial charge in [-0.05, 0) is 37.3 Å². The number of hydrogen-bond acceptors (Lipinski definition) is 4. The molecule has 1 unspecified atom stereocenters. The van der Waals surface area contributed by atoms with E-state index in [1.807, 2.05) is 18.2 Å². The molecule has 3 atom stereocenters. The predicted molar refractivity (Wildman–Crippen MR) is 171 cm³/mol. The lowest BCUT2D eigenvalue weighted by molar-refractivity contribution is -0.143. The van der Waals surface area contributed by atoms with Crippen LogP contribution in [0.25, 0.3) is 0 Å². The summed E-state index contributed by atoms with van der Waals surface area (Å²) in [5, 5.41) is 26.4. The monoisotopic (exact) mass is 574 g/mol. The van der Waals surface area contributed by atoms with E-state index in [4.69, 9.17) is 0 Å². The average Bonchev–Trinajstić information content (AvgIpc) is 2.95. The standard InChI is InChI=1S/C35H62N2O4/c1-4-5-6-7-8-9-10-11-12-13-14-15-16-17-18-22-27-36-31(28-30-23-20-19-21-24-30)32(38)25-26-33(39)37-34(29(2)3)35(40)41/h19-21,23-24,29,31-32,34,36,38H,4-18,22,25-28H2,1-3H3,(H,37,39)(H,40,41)/t31-,32?,34-/m0/s1. The highest BCUT2D eigenvalue weighted by atomic mass is 16.4. The number of benzene rings is 1. The fourth-order valence-corrected chi connectivity index (χ4v) is 5.41. The predicted octanol–water partition coefficient (Wildman–Crippen LogP) is 7.82. The SMILES string of the molecule is CCCCCCCCCCCCCCCCCCN[C@@H](Cc1ccccc1)C(O)CCC(=O)N[C@H](C(=O)O)C(C)C. The molecule has 1 amide bonds. The Kier molecular flexibility index (Phi) is 22.3. The molecule has 1 aromatic rings. The van der Waals surface area contributed by atoms with Crippen LogP contribution in [0.4, 0.5) is 0 Å². The molecule has 0 aliphatic rings. The molecule has 0 aromatic heterocycles. The normalized spacial score (nSPS) is 13.7. The van der Waals surface area contributed by atoms with Crippen LogP contribution in [0.1, 0.15) is 142 Å². The molecule has 0 radical (unpaired) electrons. The zero-order valence-corrected chi connectivity index (χ0v) is 26.5. The first kappa shape index (κ1) is 37.1. The van der Waals surface area contributed by atoms with Crippen molar-refractivity contribution in [2.75, 3.05) is 6.54 Å². The van der Waals surface area contributed by atoms with Gasteiger partial charge in [-0.15, -0.1) is 0 Å². The number of carbonyl (C=O) groups excluding carboxylic acids is 1. The van der Waals surface area contributed by atoms with Crippen molar-refractivity contribution in [3.05, 3.63) is 35.9 Å². The summed E-state index contributed by atoms with van der Waals surface area (Å²) < 4.78 is 0. The van der Waals surface area contributed by atoms with Crippen molar-refractivity contribution in [3.8, 4) is 0 Å². The third-order valence-electron chi connectivity index (χ3n) is 8.12. The molecular formula is C35H62N2O4. The molecule has 6 heteroatoms. The van der Waals surface area contributed by atoms with Gasteiger partial charge in [0.2, 0.25) is 5.91 Å². The van der Waals surface area contributed by atoms with Crippen molar-refractivity contribution in [1.29, 1.82) is 0 Å². The van der Waals surface area contributed by atoms with Gasteiger partial charge < -0.3 is 20.8 Å². The Balaban J connectivity index is 2.23. The molecule has 4 N–H and O–H groups in total. The van der Waals surface area contributed by atoms with Crippen LogP contribution < -0.4 is 10.6 Å². The highest BCUT2D eigenvalue weighted by molar-refractivity contribution is 5.83. The quantitative estimate of drug-likeness (QED) is 0.0803. The van der Waals surface area contributed by atoms with Gasteiger partial charge >= 0.3 is 5.97 Å². The van der Waals surface area contributed by atoms with Crippen molar-refractivity contribution >= 4 is 11.9 Å². The topological polar surface area (TPSA) is 98.7 Å². The van der Waals surface area contributed by atoms with Crippen molar-refractivity contribution in [2.24, 2.45) is 5.92 Å². The molecule has 236 valence electrons. The van der Waals surface area contributed by atoms with E-state index in [-0.39, 0.29) is 24.3 Å². The maximum Gasteiger partial charge on any atom is 0.326 e. The number of hydrogen-bond donors (Lipinski definition) is 4. The zero-order chi connectivity index (χ0) is 30.1. The zero-order valence-electron chi connectivity index (χ0n) is 26.5. The van der Waals surface area contributed by atoms with Crippen molar-refractivity contribution in [2.45, 2.75) is 161 Å². The number of nitrogens with one attached hydrogen (secondary N) is 2. The summed E-state index contributed by atoms with van der Waals surface area (Å²) in [6.07, 6.45) is 21.9. The van der Waals surface area contributed by atoms with Crippen molar-refractivity contribution in [1.82, 2.24) is 10.6 Å². The Hall–Kier alpha value is -1.92. The second-order valence-electron chi connectivity index (χ2n) is 12.3. The van der Waals surface area contributed by atoms with E-state index >= 15 is 0 Å². The molecule has 0 saturated heterocycles. The molecule has 0 bridgehead atoms. The van der Waals surface area contributed by atoms with E-state index in [0.717, 1.165) is 18.5 Å². The van der Waals surface area contributed by atoms with E-state index < -0.39 is 18.1 Å². The highest BCUT2D eigenvalue weighted by Crippen LogP contribution is 2.15. The number of aliphatic hydroxyl groups excluding tert-OH is 1. The maximum absolute atomic E-state index is 12.4. The summed E-state index contributed by atoms with van der Waals surface area (Å²) in [4.78, 5) is 23.8. The van der Waals surface area contributed by atoms with Gasteiger partial charge in [-0.1, -0.05) is 147 Å². The van der Waals surface area contributed by atoms with Gasteiger partial charge in [-0.25, -0.2) is 4.79 Å². The van der Waals surface area contributed by atoms with Gasteiger partial charge in [-0.2, -0.15) is 0 Å². The Morgan fingerprint density at radius 3 is 1.71 bits per heavy atom. The summed E-state index contributed by atoms with van der Waals surface area (Å²) in [5.41, 5.74) is 1.14. The minimum Gasteiger partial charge on any atom is -0.480 e. The third-order valence-corrected chi connectivity index (χ3v) is 8.12. The van der Waals surface area contributed by atoms with Crippen LogP contribution in [-0.2, 0) is 16.0 Å². The van der Waals surface area contributed by atoms with E-state index in [9.17, 15) is 19.8 Å². The molecule has 1 aromatic carbocycles. The van der Waals surface area contributed by atoms with Crippen LogP contribution in [0, 0.1) is 5.92 Å². The van der Waals surface area contributed by atoms with E-state index in [2.05, 4.69) is 29.7 Å². The Morgan fingerprint density at radius 1 is 0.756 bits per heavy atom. The largest absolute Gasteiger partial charge is 0.480 e. The van der Waals surface area contributed by atoms with Crippen LogP contribution in [0.2, 0.25) is 0 Å². The average molecular weight is 575 g/mol. The first-order valence-corrected chi connectivity index (χ1v) is 16.8. The summed E-state index contributed by atoms with van der Waals surface area (Å²) in [5.74, 6) is -1.56. The number of amides is 1. The van der Waals surface area contributed by atoms with Gasteiger partial charge in [0.1, 0.15) is 6.04 Å². The number of aliphatic hydroxyl groups is 1. The van der Waals surface area contributed by atoms with E-state index in [0.29, 0.717) is 12.8 Å². The highest BCUT2D eigenvalue weighted by Gasteiger charge is 2.25. The summed E-state index contributed by atoms with van der Waals surface area (Å²) >= 11 is 0. The molecule has 0 spiro atoms. The van der Waals surface area contributed by atoms with Crippen molar-refractivity contribution < 1.29 is 19.8 Å². The van der Waals surface area contributed by atoms with E-state index in [1.54, 1.807) is 13.8 Å². The lowest BCUT2D eigenvalue weighted by Gasteiger charge is -2.25. The molecule has 0 fully saturated rings. The van der Waals surface area contributed by atoms with Gasteiger partial charge in [0.25, 0.3) is 0 Å². The van der Waals surface area contributed by atoms with Crippen LogP contribution in [0.5, 0.6) is 0 Å². The summed E-state index contributed by atoms with van der Waals surface area (Å²) in [7, 11) is 0. The molecule has 0 aliphatic heterocycles. The minimum atomic E-state index is -1.03. The number of aliphatic carboxylic acids is 1. The Bertz CT molecular complexity index is 771. The summed E-state index contributed by atoms with van der Waals surface area (Å²) in [6.45, 7) is 6.66. The Morgan fingerprint density at radius 2 is 1.24 bits per heavy atom. The maximum atomic E-state index is 12.4. The molecular weight excluding hydrogens is 512 g/mol. The van der Waals surface area contributed by atoms with Crippen LogP contribution in [-0.4, -0.2) is 46.8 Å². The van der Waals surface area contributed by atoms with Crippen LogP contribution in [0.3, 0.4) is 0 Å². The minimum absolute atomic E-state index is 0.101. The number of rotatable bonds is 27. The van der Waals surface area contributed by atoms with E-state index in [1.165, 1.54) is 96.3 Å². The molecule has 41 heavy (non-hydrogen) atoms. The molecule has 1 rings (SSSR count). The molecule has 0 saturated carbocycles. The lowest BCUT2D eigenvalue weighted by Crippen LogP contribution is -2.45. The Labute approximate surface area is 251 Å². The molecule has 0 aliphatic carbocycles. The summed E-state index contributed by atoms with van der Waals surface area (Å²) in [6, 6.07) is 9.04. The van der Waals surface area contributed by atoms with Crippen LogP contribution >= 0.6 is 0 Å². The smallest absolute Gasteiger partial charge is 0.326 e. The third kappa shape index (κ3) is 19.8. The van der Waals surface area contributed by atoms with Crippen molar-refractivity contribution in [3.63, 3.8) is 0 Å². The number of unbranched alkanes of at least 4 members (excludes halogenated alkanes) is 15.